The van der Waals surface area contributed by atoms with Crippen LogP contribution in [0.3, 0.4) is 0 Å². The van der Waals surface area contributed by atoms with E-state index in [0.29, 0.717) is 11.3 Å². The molecule has 0 aromatic heterocycles. The lowest BCUT2D eigenvalue weighted by Crippen LogP contribution is -2.37. The molecule has 0 N–H and O–H groups in total. The first-order valence-electron chi connectivity index (χ1n) is 7.72. The highest BCUT2D eigenvalue weighted by molar-refractivity contribution is 5.79. The molecule has 2 aromatic carbocycles. The summed E-state index contributed by atoms with van der Waals surface area (Å²) in [6.07, 6.45) is -2.00. The van der Waals surface area contributed by atoms with Crippen molar-refractivity contribution >= 4 is 11.9 Å². The van der Waals surface area contributed by atoms with Gasteiger partial charge in [-0.15, -0.1) is 0 Å². The monoisotopic (exact) mass is 328 g/mol. The van der Waals surface area contributed by atoms with Crippen molar-refractivity contribution in [2.24, 2.45) is 0 Å². The number of esters is 2. The molecule has 2 rings (SSSR count). The average Bonchev–Trinajstić information content (AvgIpc) is 2.59. The zero-order valence-corrected chi connectivity index (χ0v) is 13.7. The molecule has 0 saturated heterocycles. The normalized spacial score (nSPS) is 12.8. The molecule has 5 nitrogen and oxygen atoms in total. The molecule has 0 aliphatic heterocycles. The second-order valence-electron chi connectivity index (χ2n) is 5.04. The van der Waals surface area contributed by atoms with Gasteiger partial charge in [-0.2, -0.15) is 0 Å². The van der Waals surface area contributed by atoms with Crippen LogP contribution in [0.5, 0.6) is 5.75 Å². The maximum Gasteiger partial charge on any atom is 0.351 e. The van der Waals surface area contributed by atoms with Gasteiger partial charge in [0.25, 0.3) is 0 Å². The van der Waals surface area contributed by atoms with Gasteiger partial charge in [-0.05, 0) is 24.6 Å². The van der Waals surface area contributed by atoms with Crippen molar-refractivity contribution in [2.75, 3.05) is 6.61 Å². The Morgan fingerprint density at radius 2 is 1.54 bits per heavy atom. The fraction of sp³-hybridized carbons (Fsp3) is 0.263. The third kappa shape index (κ3) is 4.84. The van der Waals surface area contributed by atoms with Gasteiger partial charge >= 0.3 is 11.9 Å². The zero-order valence-electron chi connectivity index (χ0n) is 13.7. The van der Waals surface area contributed by atoms with E-state index in [-0.39, 0.29) is 6.61 Å². The van der Waals surface area contributed by atoms with Gasteiger partial charge in [-0.25, -0.2) is 4.79 Å². The molecule has 2 aromatic rings. The number of ether oxygens (including phenoxy) is 3. The third-order valence-corrected chi connectivity index (χ3v) is 3.22. The molecular formula is C19H20O5. The van der Waals surface area contributed by atoms with Crippen molar-refractivity contribution in [2.45, 2.75) is 26.1 Å². The van der Waals surface area contributed by atoms with Gasteiger partial charge in [-0.1, -0.05) is 48.5 Å². The summed E-state index contributed by atoms with van der Waals surface area (Å²) in [5.41, 5.74) is 0.709. The van der Waals surface area contributed by atoms with Crippen LogP contribution in [0.15, 0.2) is 60.7 Å². The van der Waals surface area contributed by atoms with E-state index in [1.54, 1.807) is 19.1 Å². The first-order chi connectivity index (χ1) is 11.6. The van der Waals surface area contributed by atoms with Gasteiger partial charge in [0.2, 0.25) is 6.10 Å². The van der Waals surface area contributed by atoms with Gasteiger partial charge in [0.15, 0.2) is 6.10 Å². The Morgan fingerprint density at radius 1 is 0.958 bits per heavy atom. The minimum absolute atomic E-state index is 0.184. The summed E-state index contributed by atoms with van der Waals surface area (Å²) < 4.78 is 16.2. The zero-order chi connectivity index (χ0) is 17.4. The number of carbonyl (C=O) groups is 2. The van der Waals surface area contributed by atoms with E-state index in [1.807, 2.05) is 48.5 Å². The maximum absolute atomic E-state index is 12.3. The van der Waals surface area contributed by atoms with Crippen LogP contribution in [0.25, 0.3) is 0 Å². The maximum atomic E-state index is 12.3. The summed E-state index contributed by atoms with van der Waals surface area (Å²) in [5, 5.41) is 0. The predicted molar refractivity (Wildman–Crippen MR) is 88.4 cm³/mol. The molecule has 5 heteroatoms. The van der Waals surface area contributed by atoms with Crippen molar-refractivity contribution in [3.8, 4) is 5.75 Å². The second kappa shape index (κ2) is 8.72. The predicted octanol–water partition coefficient (Wildman–Crippen LogP) is 3.30. The van der Waals surface area contributed by atoms with Crippen LogP contribution in [0, 0.1) is 0 Å². The highest BCUT2D eigenvalue weighted by atomic mass is 16.6. The molecule has 0 aliphatic rings. The number of hydrogen-bond acceptors (Lipinski definition) is 5. The standard InChI is InChI=1S/C19H20O5/c1-3-22-19(21)18(23-14(2)20)17(15-10-6-4-7-11-15)24-16-12-8-5-9-13-16/h4-13,17-18H,3H2,1-2H3/t17-,18+/m0/s1. The van der Waals surface area contributed by atoms with Crippen molar-refractivity contribution in [1.29, 1.82) is 0 Å². The van der Waals surface area contributed by atoms with Crippen molar-refractivity contribution < 1.29 is 23.8 Å². The molecule has 0 radical (unpaired) electrons. The highest BCUT2D eigenvalue weighted by Crippen LogP contribution is 2.27. The molecule has 2 atom stereocenters. The molecule has 0 saturated carbocycles. The van der Waals surface area contributed by atoms with E-state index in [0.717, 1.165) is 0 Å². The Balaban J connectivity index is 2.37. The van der Waals surface area contributed by atoms with Crippen LogP contribution in [0.4, 0.5) is 0 Å². The topological polar surface area (TPSA) is 61.8 Å². The molecule has 0 aliphatic carbocycles. The lowest BCUT2D eigenvalue weighted by molar-refractivity contribution is -0.173. The molecule has 126 valence electrons. The number of para-hydroxylation sites is 1. The summed E-state index contributed by atoms with van der Waals surface area (Å²) in [5.74, 6) is -0.657. The molecule has 24 heavy (non-hydrogen) atoms. The van der Waals surface area contributed by atoms with Crippen LogP contribution in [0.1, 0.15) is 25.5 Å². The Morgan fingerprint density at radius 3 is 2.08 bits per heavy atom. The molecule has 0 bridgehead atoms. The number of benzene rings is 2. The molecule has 0 fully saturated rings. The van der Waals surface area contributed by atoms with E-state index < -0.39 is 24.1 Å². The van der Waals surface area contributed by atoms with Crippen LogP contribution >= 0.6 is 0 Å². The first-order valence-corrected chi connectivity index (χ1v) is 7.72. The van der Waals surface area contributed by atoms with Gasteiger partial charge < -0.3 is 14.2 Å². The Hall–Kier alpha value is -2.82. The Kier molecular flexibility index (Phi) is 6.37. The molecule has 0 spiro atoms. The minimum Gasteiger partial charge on any atom is -0.481 e. The highest BCUT2D eigenvalue weighted by Gasteiger charge is 2.35. The van der Waals surface area contributed by atoms with Crippen LogP contribution in [0.2, 0.25) is 0 Å². The first kappa shape index (κ1) is 17.5. The number of carbonyl (C=O) groups excluding carboxylic acids is 2. The van der Waals surface area contributed by atoms with Crippen LogP contribution < -0.4 is 4.74 Å². The lowest BCUT2D eigenvalue weighted by atomic mass is 10.0. The van der Waals surface area contributed by atoms with Crippen molar-refractivity contribution in [1.82, 2.24) is 0 Å². The van der Waals surface area contributed by atoms with Crippen molar-refractivity contribution in [3.05, 3.63) is 66.2 Å². The molecule has 0 unspecified atom stereocenters. The Bertz CT molecular complexity index is 654. The fourth-order valence-electron chi connectivity index (χ4n) is 2.23. The largest absolute Gasteiger partial charge is 0.481 e. The Labute approximate surface area is 141 Å². The third-order valence-electron chi connectivity index (χ3n) is 3.22. The van der Waals surface area contributed by atoms with E-state index >= 15 is 0 Å². The van der Waals surface area contributed by atoms with E-state index in [2.05, 4.69) is 0 Å². The minimum atomic E-state index is -1.19. The van der Waals surface area contributed by atoms with E-state index in [4.69, 9.17) is 14.2 Å². The molecule has 0 heterocycles. The van der Waals surface area contributed by atoms with E-state index in [9.17, 15) is 9.59 Å². The van der Waals surface area contributed by atoms with Gasteiger partial charge in [-0.3, -0.25) is 4.79 Å². The summed E-state index contributed by atoms with van der Waals surface area (Å²) in [6, 6.07) is 18.2. The average molecular weight is 328 g/mol. The lowest BCUT2D eigenvalue weighted by Gasteiger charge is -2.26. The summed E-state index contributed by atoms with van der Waals surface area (Å²) in [6.45, 7) is 3.12. The van der Waals surface area contributed by atoms with Gasteiger partial charge in [0.05, 0.1) is 6.61 Å². The second-order valence-corrected chi connectivity index (χ2v) is 5.04. The number of rotatable bonds is 7. The van der Waals surface area contributed by atoms with E-state index in [1.165, 1.54) is 6.92 Å². The van der Waals surface area contributed by atoms with Gasteiger partial charge in [0.1, 0.15) is 5.75 Å². The SMILES string of the molecule is CCOC(=O)[C@H](OC(C)=O)[C@@H](Oc1ccccc1)c1ccccc1. The summed E-state index contributed by atoms with van der Waals surface area (Å²) >= 11 is 0. The fourth-order valence-corrected chi connectivity index (χ4v) is 2.23. The van der Waals surface area contributed by atoms with Crippen LogP contribution in [-0.4, -0.2) is 24.6 Å². The van der Waals surface area contributed by atoms with Crippen LogP contribution in [-0.2, 0) is 19.1 Å². The number of hydrogen-bond donors (Lipinski definition) is 0. The molecular weight excluding hydrogens is 308 g/mol. The summed E-state index contributed by atoms with van der Waals surface area (Å²) in [4.78, 5) is 23.8. The smallest absolute Gasteiger partial charge is 0.351 e. The van der Waals surface area contributed by atoms with Gasteiger partial charge in [0, 0.05) is 6.92 Å². The summed E-state index contributed by atoms with van der Waals surface area (Å²) in [7, 11) is 0. The quantitative estimate of drug-likeness (QED) is 0.730. The molecule has 0 amide bonds. The van der Waals surface area contributed by atoms with Crippen molar-refractivity contribution in [3.63, 3.8) is 0 Å².